The first kappa shape index (κ1) is 18.1. The van der Waals surface area contributed by atoms with E-state index < -0.39 is 18.3 Å². The molecule has 3 rings (SSSR count). The molecule has 136 valence electrons. The average molecular weight is 365 g/mol. The fourth-order valence-electron chi connectivity index (χ4n) is 3.20. The lowest BCUT2D eigenvalue weighted by atomic mass is 10.1. The zero-order valence-corrected chi connectivity index (χ0v) is 14.3. The summed E-state index contributed by atoms with van der Waals surface area (Å²) in [4.78, 5) is 2.83. The predicted octanol–water partition coefficient (Wildman–Crippen LogP) is 4.23. The zero-order valence-electron chi connectivity index (χ0n) is 13.5. The number of thiophene rings is 1. The summed E-state index contributed by atoms with van der Waals surface area (Å²) in [6.45, 7) is 2.71. The van der Waals surface area contributed by atoms with Crippen LogP contribution in [0.3, 0.4) is 0 Å². The van der Waals surface area contributed by atoms with Crippen LogP contribution in [0.4, 0.5) is 17.6 Å². The summed E-state index contributed by atoms with van der Waals surface area (Å²) in [6, 6.07) is 1.83. The minimum atomic E-state index is -2.43. The van der Waals surface area contributed by atoms with Crippen molar-refractivity contribution < 1.29 is 22.3 Å². The molecule has 1 unspecified atom stereocenters. The van der Waals surface area contributed by atoms with Crippen molar-refractivity contribution >= 4 is 11.3 Å². The van der Waals surface area contributed by atoms with E-state index in [1.807, 2.05) is 11.4 Å². The summed E-state index contributed by atoms with van der Waals surface area (Å²) < 4.78 is 56.4. The van der Waals surface area contributed by atoms with Gasteiger partial charge in [0.15, 0.2) is 0 Å². The van der Waals surface area contributed by atoms with Crippen LogP contribution in [0.5, 0.6) is 0 Å². The van der Waals surface area contributed by atoms with Crippen molar-refractivity contribution in [3.05, 3.63) is 21.9 Å². The standard InChI is InChI=1S/C17H23F4NOS/c18-16(19)8-15-7-12(11-24-15)3-6-23-14-1-4-22(5-2-14)10-13-9-17(13,20)21/h7,11,13-14,16H,1-6,8-10H2. The van der Waals surface area contributed by atoms with Crippen LogP contribution in [0.2, 0.25) is 0 Å². The molecular weight excluding hydrogens is 342 g/mol. The fourth-order valence-corrected chi connectivity index (χ4v) is 4.13. The maximum Gasteiger partial charge on any atom is 0.252 e. The molecule has 2 fully saturated rings. The number of rotatable bonds is 8. The predicted molar refractivity (Wildman–Crippen MR) is 86.2 cm³/mol. The van der Waals surface area contributed by atoms with E-state index in [-0.39, 0.29) is 18.9 Å². The molecule has 1 saturated carbocycles. The van der Waals surface area contributed by atoms with Gasteiger partial charge in [0.1, 0.15) is 0 Å². The van der Waals surface area contributed by atoms with E-state index in [1.165, 1.54) is 11.3 Å². The summed E-state index contributed by atoms with van der Waals surface area (Å²) in [7, 11) is 0. The first-order chi connectivity index (χ1) is 11.4. The normalized spacial score (nSPS) is 24.6. The van der Waals surface area contributed by atoms with Gasteiger partial charge in [0.25, 0.3) is 5.92 Å². The number of hydrogen-bond acceptors (Lipinski definition) is 3. The monoisotopic (exact) mass is 365 g/mol. The SMILES string of the molecule is FC(F)Cc1cc(CCOC2CCN(CC3CC3(F)F)CC2)cs1. The molecule has 1 aromatic rings. The minimum absolute atomic E-state index is 0.0393. The summed E-state index contributed by atoms with van der Waals surface area (Å²) in [5.41, 5.74) is 1.05. The zero-order chi connectivity index (χ0) is 17.2. The highest BCUT2D eigenvalue weighted by atomic mass is 32.1. The Kier molecular flexibility index (Phi) is 5.82. The lowest BCUT2D eigenvalue weighted by Crippen LogP contribution is -2.38. The quantitative estimate of drug-likeness (QED) is 0.639. The van der Waals surface area contributed by atoms with Gasteiger partial charge in [0.2, 0.25) is 6.43 Å². The van der Waals surface area contributed by atoms with E-state index in [4.69, 9.17) is 4.74 Å². The molecule has 24 heavy (non-hydrogen) atoms. The van der Waals surface area contributed by atoms with Crippen molar-refractivity contribution in [3.63, 3.8) is 0 Å². The first-order valence-electron chi connectivity index (χ1n) is 8.48. The van der Waals surface area contributed by atoms with Crippen LogP contribution in [-0.4, -0.2) is 49.6 Å². The molecule has 1 aliphatic carbocycles. The van der Waals surface area contributed by atoms with Gasteiger partial charge in [-0.05, 0) is 36.3 Å². The van der Waals surface area contributed by atoms with Crippen LogP contribution in [0.25, 0.3) is 0 Å². The van der Waals surface area contributed by atoms with Crippen LogP contribution < -0.4 is 0 Å². The van der Waals surface area contributed by atoms with Crippen molar-refractivity contribution in [1.29, 1.82) is 0 Å². The summed E-state index contributed by atoms with van der Waals surface area (Å²) in [5.74, 6) is -2.88. The largest absolute Gasteiger partial charge is 0.378 e. The molecule has 2 nitrogen and oxygen atoms in total. The molecule has 0 N–H and O–H groups in total. The number of nitrogens with zero attached hydrogens (tertiary/aromatic N) is 1. The van der Waals surface area contributed by atoms with E-state index >= 15 is 0 Å². The van der Waals surface area contributed by atoms with Crippen LogP contribution in [0.15, 0.2) is 11.4 Å². The second-order valence-corrected chi connectivity index (χ2v) is 7.80. The van der Waals surface area contributed by atoms with Crippen molar-refractivity contribution in [2.24, 2.45) is 5.92 Å². The van der Waals surface area contributed by atoms with Gasteiger partial charge >= 0.3 is 0 Å². The van der Waals surface area contributed by atoms with E-state index in [9.17, 15) is 17.6 Å². The number of ether oxygens (including phenoxy) is 1. The molecular formula is C17H23F4NOS. The number of piperidine rings is 1. The third-order valence-electron chi connectivity index (χ3n) is 4.78. The number of halogens is 4. The van der Waals surface area contributed by atoms with E-state index in [1.54, 1.807) is 0 Å². The van der Waals surface area contributed by atoms with Crippen LogP contribution in [-0.2, 0) is 17.6 Å². The molecule has 0 spiro atoms. The van der Waals surface area contributed by atoms with E-state index in [0.717, 1.165) is 37.9 Å². The molecule has 0 bridgehead atoms. The summed E-state index contributed by atoms with van der Waals surface area (Å²) in [6.07, 6.45) is 0.223. The fraction of sp³-hybridized carbons (Fsp3) is 0.765. The summed E-state index contributed by atoms with van der Waals surface area (Å²) >= 11 is 1.37. The Balaban J connectivity index is 1.30. The van der Waals surface area contributed by atoms with Gasteiger partial charge in [-0.3, -0.25) is 0 Å². The van der Waals surface area contributed by atoms with Gasteiger partial charge in [-0.25, -0.2) is 17.6 Å². The third-order valence-corrected chi connectivity index (χ3v) is 5.78. The highest BCUT2D eigenvalue weighted by Crippen LogP contribution is 2.49. The molecule has 0 radical (unpaired) electrons. The van der Waals surface area contributed by atoms with E-state index in [0.29, 0.717) is 18.0 Å². The third kappa shape index (κ3) is 5.17. The number of hydrogen-bond donors (Lipinski definition) is 0. The Hall–Kier alpha value is -0.660. The average Bonchev–Trinajstić information content (AvgIpc) is 2.91. The molecule has 0 aromatic carbocycles. The Morgan fingerprint density at radius 2 is 2.00 bits per heavy atom. The molecule has 2 heterocycles. The van der Waals surface area contributed by atoms with E-state index in [2.05, 4.69) is 4.90 Å². The van der Waals surface area contributed by atoms with Gasteiger partial charge in [-0.15, -0.1) is 11.3 Å². The highest BCUT2D eigenvalue weighted by Gasteiger charge is 2.57. The first-order valence-corrected chi connectivity index (χ1v) is 9.36. The lowest BCUT2D eigenvalue weighted by molar-refractivity contribution is 0.00454. The van der Waals surface area contributed by atoms with Gasteiger partial charge in [0.05, 0.1) is 12.7 Å². The maximum absolute atomic E-state index is 12.9. The van der Waals surface area contributed by atoms with Crippen molar-refractivity contribution in [1.82, 2.24) is 4.90 Å². The molecule has 2 aliphatic rings. The van der Waals surface area contributed by atoms with Crippen LogP contribution >= 0.6 is 11.3 Å². The second kappa shape index (κ2) is 7.70. The summed E-state index contributed by atoms with van der Waals surface area (Å²) in [5, 5.41) is 1.92. The van der Waals surface area contributed by atoms with Gasteiger partial charge in [-0.1, -0.05) is 0 Å². The Morgan fingerprint density at radius 3 is 2.62 bits per heavy atom. The topological polar surface area (TPSA) is 12.5 Å². The number of alkyl halides is 4. The van der Waals surface area contributed by atoms with Crippen LogP contribution in [0, 0.1) is 5.92 Å². The molecule has 7 heteroatoms. The van der Waals surface area contributed by atoms with Gasteiger partial charge in [-0.2, -0.15) is 0 Å². The number of likely N-dealkylation sites (tertiary alicyclic amines) is 1. The lowest BCUT2D eigenvalue weighted by Gasteiger charge is -2.31. The molecule has 0 amide bonds. The smallest absolute Gasteiger partial charge is 0.252 e. The molecule has 1 aliphatic heterocycles. The maximum atomic E-state index is 12.9. The molecule has 1 saturated heterocycles. The van der Waals surface area contributed by atoms with Crippen molar-refractivity contribution in [2.45, 2.75) is 50.6 Å². The Labute approximate surface area is 143 Å². The van der Waals surface area contributed by atoms with Crippen molar-refractivity contribution in [2.75, 3.05) is 26.2 Å². The van der Waals surface area contributed by atoms with Gasteiger partial charge < -0.3 is 9.64 Å². The Bertz CT molecular complexity index is 528. The Morgan fingerprint density at radius 1 is 1.29 bits per heavy atom. The van der Waals surface area contributed by atoms with Crippen LogP contribution in [0.1, 0.15) is 29.7 Å². The second-order valence-electron chi connectivity index (χ2n) is 6.80. The highest BCUT2D eigenvalue weighted by molar-refractivity contribution is 7.10. The molecule has 1 aromatic heterocycles. The molecule has 1 atom stereocenters. The van der Waals surface area contributed by atoms with Gasteiger partial charge in [0, 0.05) is 43.3 Å². The minimum Gasteiger partial charge on any atom is -0.378 e. The van der Waals surface area contributed by atoms with Crippen molar-refractivity contribution in [3.8, 4) is 0 Å².